The van der Waals surface area contributed by atoms with E-state index in [2.05, 4.69) is 39.0 Å². The van der Waals surface area contributed by atoms with Crippen LogP contribution < -0.4 is 9.64 Å². The second-order valence-corrected chi connectivity index (χ2v) is 7.12. The van der Waals surface area contributed by atoms with E-state index in [1.807, 2.05) is 12.1 Å². The monoisotopic (exact) mass is 367 g/mol. The van der Waals surface area contributed by atoms with Crippen LogP contribution in [0.25, 0.3) is 11.0 Å². The topological polar surface area (TPSA) is 76.3 Å². The summed E-state index contributed by atoms with van der Waals surface area (Å²) >= 11 is 0. The van der Waals surface area contributed by atoms with Crippen LogP contribution in [0.15, 0.2) is 36.8 Å². The van der Waals surface area contributed by atoms with Crippen LogP contribution in [-0.2, 0) is 6.54 Å². The molecule has 27 heavy (non-hydrogen) atoms. The number of anilines is 1. The summed E-state index contributed by atoms with van der Waals surface area (Å²) in [5, 5.41) is 14.6. The van der Waals surface area contributed by atoms with Gasteiger partial charge in [0, 0.05) is 12.1 Å². The first kappa shape index (κ1) is 17.7. The number of hydrogen-bond acceptors (Lipinski definition) is 6. The highest BCUT2D eigenvalue weighted by Gasteiger charge is 2.31. The number of aromatic nitrogens is 4. The normalized spacial score (nSPS) is 20.2. The Hall–Kier alpha value is -2.67. The van der Waals surface area contributed by atoms with E-state index in [-0.39, 0.29) is 12.6 Å². The number of para-hydroxylation sites is 1. The fraction of sp³-hybridized carbons (Fsp3) is 0.450. The van der Waals surface area contributed by atoms with E-state index in [1.54, 1.807) is 24.3 Å². The van der Waals surface area contributed by atoms with Gasteiger partial charge < -0.3 is 14.7 Å². The number of fused-ring (bicyclic) bond motifs is 1. The maximum atomic E-state index is 9.27. The van der Waals surface area contributed by atoms with E-state index < -0.39 is 0 Å². The molecule has 3 aromatic rings. The molecule has 1 aliphatic heterocycles. The average Bonchev–Trinajstić information content (AvgIpc) is 3.11. The molecule has 0 saturated carbocycles. The fourth-order valence-corrected chi connectivity index (χ4v) is 4.02. The Morgan fingerprint density at radius 2 is 2.07 bits per heavy atom. The van der Waals surface area contributed by atoms with Gasteiger partial charge in [-0.1, -0.05) is 25.1 Å². The third-order valence-electron chi connectivity index (χ3n) is 5.31. The molecule has 7 nitrogen and oxygen atoms in total. The molecule has 1 fully saturated rings. The average molecular weight is 367 g/mol. The van der Waals surface area contributed by atoms with E-state index in [1.165, 1.54) is 5.56 Å². The molecule has 1 aliphatic rings. The number of aliphatic hydroxyl groups excluding tert-OH is 1. The number of benzene rings is 1. The second kappa shape index (κ2) is 7.52. The Bertz CT molecular complexity index is 926. The quantitative estimate of drug-likeness (QED) is 0.747. The highest BCUT2D eigenvalue weighted by atomic mass is 16.5. The predicted molar refractivity (Wildman–Crippen MR) is 104 cm³/mol. The van der Waals surface area contributed by atoms with Gasteiger partial charge in [-0.25, -0.2) is 14.6 Å². The molecule has 7 heteroatoms. The summed E-state index contributed by atoms with van der Waals surface area (Å²) in [4.78, 5) is 11.4. The van der Waals surface area contributed by atoms with Crippen molar-refractivity contribution in [3.63, 3.8) is 0 Å². The molecule has 3 heterocycles. The van der Waals surface area contributed by atoms with Crippen molar-refractivity contribution >= 4 is 16.9 Å². The van der Waals surface area contributed by atoms with Crippen molar-refractivity contribution in [2.24, 2.45) is 5.92 Å². The molecule has 0 spiro atoms. The number of hydrogen-bond donors (Lipinski definition) is 1. The molecule has 142 valence electrons. The van der Waals surface area contributed by atoms with Crippen molar-refractivity contribution < 1.29 is 9.84 Å². The summed E-state index contributed by atoms with van der Waals surface area (Å²) < 4.78 is 7.36. The van der Waals surface area contributed by atoms with Crippen molar-refractivity contribution in [2.75, 3.05) is 25.2 Å². The molecule has 0 bridgehead atoms. The lowest BCUT2D eigenvalue weighted by atomic mass is 9.89. The number of methoxy groups -OCH3 is 1. The predicted octanol–water partition coefficient (Wildman–Crippen LogP) is 2.80. The van der Waals surface area contributed by atoms with Crippen molar-refractivity contribution in [1.82, 2.24) is 19.7 Å². The first-order chi connectivity index (χ1) is 13.2. The van der Waals surface area contributed by atoms with E-state index in [0.29, 0.717) is 12.5 Å². The van der Waals surface area contributed by atoms with Crippen LogP contribution in [0.2, 0.25) is 0 Å². The summed E-state index contributed by atoms with van der Waals surface area (Å²) in [5.74, 6) is 2.38. The zero-order chi connectivity index (χ0) is 18.8. The molecule has 1 saturated heterocycles. The van der Waals surface area contributed by atoms with Crippen molar-refractivity contribution in [2.45, 2.75) is 32.4 Å². The van der Waals surface area contributed by atoms with Crippen LogP contribution in [0.1, 0.15) is 31.4 Å². The Balaban J connectivity index is 1.80. The van der Waals surface area contributed by atoms with Crippen LogP contribution in [0.4, 0.5) is 5.82 Å². The standard InChI is InChI=1S/C20H25N5O2/c1-14-7-8-17(15-5-3-4-6-18(15)27-2)24(12-14)19-16-11-23-25(9-10-26)20(16)22-13-21-19/h3-6,11,13-14,17,26H,7-10,12H2,1-2H3. The molecule has 2 unspecified atom stereocenters. The number of nitrogens with zero attached hydrogens (tertiary/aromatic N) is 5. The zero-order valence-electron chi connectivity index (χ0n) is 15.7. The zero-order valence-corrected chi connectivity index (χ0v) is 15.7. The first-order valence-electron chi connectivity index (χ1n) is 9.40. The minimum atomic E-state index is 0.0285. The summed E-state index contributed by atoms with van der Waals surface area (Å²) in [6.45, 7) is 3.64. The van der Waals surface area contributed by atoms with Gasteiger partial charge in [0.1, 0.15) is 17.9 Å². The highest BCUT2D eigenvalue weighted by molar-refractivity contribution is 5.87. The smallest absolute Gasteiger partial charge is 0.163 e. The van der Waals surface area contributed by atoms with Gasteiger partial charge in [-0.2, -0.15) is 5.10 Å². The summed E-state index contributed by atoms with van der Waals surface area (Å²) in [6, 6.07) is 8.40. The summed E-state index contributed by atoms with van der Waals surface area (Å²) in [5.41, 5.74) is 1.94. The van der Waals surface area contributed by atoms with Crippen LogP contribution in [0.5, 0.6) is 5.75 Å². The first-order valence-corrected chi connectivity index (χ1v) is 9.40. The number of piperidine rings is 1. The maximum absolute atomic E-state index is 9.27. The molecule has 0 amide bonds. The Labute approximate surface area is 158 Å². The number of rotatable bonds is 5. The highest BCUT2D eigenvalue weighted by Crippen LogP contribution is 2.41. The fourth-order valence-electron chi connectivity index (χ4n) is 4.02. The Morgan fingerprint density at radius 3 is 2.89 bits per heavy atom. The molecule has 4 rings (SSSR count). The lowest BCUT2D eigenvalue weighted by molar-refractivity contribution is 0.271. The van der Waals surface area contributed by atoms with Gasteiger partial charge in [0.2, 0.25) is 0 Å². The second-order valence-electron chi connectivity index (χ2n) is 7.12. The van der Waals surface area contributed by atoms with Gasteiger partial charge in [0.25, 0.3) is 0 Å². The van der Waals surface area contributed by atoms with Crippen LogP contribution >= 0.6 is 0 Å². The minimum absolute atomic E-state index is 0.0285. The summed E-state index contributed by atoms with van der Waals surface area (Å²) in [6.07, 6.45) is 5.60. The van der Waals surface area contributed by atoms with E-state index in [9.17, 15) is 5.11 Å². The Morgan fingerprint density at radius 1 is 1.22 bits per heavy atom. The number of ether oxygens (including phenoxy) is 1. The van der Waals surface area contributed by atoms with Gasteiger partial charge in [-0.05, 0) is 24.8 Å². The third kappa shape index (κ3) is 3.23. The SMILES string of the molecule is COc1ccccc1C1CCC(C)CN1c1ncnc2c1cnn2CCO. The van der Waals surface area contributed by atoms with Crippen molar-refractivity contribution in [1.29, 1.82) is 0 Å². The number of aliphatic hydroxyl groups is 1. The molecular formula is C20H25N5O2. The van der Waals surface area contributed by atoms with Gasteiger partial charge in [-0.3, -0.25) is 0 Å². The van der Waals surface area contributed by atoms with Crippen molar-refractivity contribution in [3.8, 4) is 5.75 Å². The largest absolute Gasteiger partial charge is 0.496 e. The van der Waals surface area contributed by atoms with Gasteiger partial charge in [0.15, 0.2) is 5.65 Å². The lowest BCUT2D eigenvalue weighted by Crippen LogP contribution is -2.38. The van der Waals surface area contributed by atoms with Gasteiger partial charge in [-0.15, -0.1) is 0 Å². The molecule has 1 N–H and O–H groups in total. The molecule has 0 radical (unpaired) electrons. The van der Waals surface area contributed by atoms with Crippen LogP contribution in [0, 0.1) is 5.92 Å². The van der Waals surface area contributed by atoms with E-state index >= 15 is 0 Å². The van der Waals surface area contributed by atoms with E-state index in [0.717, 1.165) is 42.0 Å². The van der Waals surface area contributed by atoms with E-state index in [4.69, 9.17) is 4.74 Å². The van der Waals surface area contributed by atoms with Gasteiger partial charge >= 0.3 is 0 Å². The molecule has 2 atom stereocenters. The summed E-state index contributed by atoms with van der Waals surface area (Å²) in [7, 11) is 1.72. The molecular weight excluding hydrogens is 342 g/mol. The van der Waals surface area contributed by atoms with Crippen LogP contribution in [0.3, 0.4) is 0 Å². The maximum Gasteiger partial charge on any atom is 0.163 e. The van der Waals surface area contributed by atoms with Crippen LogP contribution in [-0.4, -0.2) is 45.1 Å². The molecule has 2 aromatic heterocycles. The van der Waals surface area contributed by atoms with Gasteiger partial charge in [0.05, 0.1) is 37.9 Å². The lowest BCUT2D eigenvalue weighted by Gasteiger charge is -2.40. The molecule has 1 aromatic carbocycles. The van der Waals surface area contributed by atoms with Crippen molar-refractivity contribution in [3.05, 3.63) is 42.4 Å². The Kier molecular flexibility index (Phi) is 4.94. The third-order valence-corrected chi connectivity index (χ3v) is 5.31. The molecule has 0 aliphatic carbocycles. The minimum Gasteiger partial charge on any atom is -0.496 e.